The van der Waals surface area contributed by atoms with Crippen molar-refractivity contribution in [2.75, 3.05) is 33.4 Å². The molecular weight excluding hydrogens is 598 g/mol. The number of rotatable bonds is 10. The number of ether oxygens (including phenoxy) is 2. The maximum Gasteiger partial charge on any atom is 0.242 e. The standard InChI is InChI=1S/C35H45N7O5/c1-25-34(44)40-30(21-27-22-38-29-11-4-3-10-28(27)29)35(45)37-14-7-17-41(16-6-13-32(43)39-25)23-26-9-5-12-31(46-2)33(26)47-20-8-18-42-19-15-36-24-42/h3-5,9-12,15,19,22,24-25,30,38H,6-8,13-14,16-18,20-21,23H2,1-2H3,(H,37,45)(H,39,43)(H,40,44)/t25-,30+/m0/s1. The summed E-state index contributed by atoms with van der Waals surface area (Å²) in [5.74, 6) is 0.514. The minimum absolute atomic E-state index is 0.205. The molecule has 1 fully saturated rings. The van der Waals surface area contributed by atoms with Crippen LogP contribution in [0.1, 0.15) is 43.7 Å². The molecule has 0 spiro atoms. The highest BCUT2D eigenvalue weighted by Crippen LogP contribution is 2.32. The van der Waals surface area contributed by atoms with Crippen molar-refractivity contribution in [3.8, 4) is 11.5 Å². The third kappa shape index (κ3) is 9.35. The molecule has 12 nitrogen and oxygen atoms in total. The molecule has 0 saturated carbocycles. The van der Waals surface area contributed by atoms with E-state index in [-0.39, 0.29) is 18.2 Å². The number of carbonyl (C=O) groups is 3. The van der Waals surface area contributed by atoms with Crippen LogP contribution >= 0.6 is 0 Å². The molecule has 5 rings (SSSR count). The number of nitrogens with zero attached hydrogens (tertiary/aromatic N) is 3. The van der Waals surface area contributed by atoms with Crippen molar-refractivity contribution >= 4 is 28.6 Å². The summed E-state index contributed by atoms with van der Waals surface area (Å²) in [5.41, 5.74) is 2.88. The minimum Gasteiger partial charge on any atom is -0.493 e. The second-order valence-corrected chi connectivity index (χ2v) is 11.9. The van der Waals surface area contributed by atoms with Gasteiger partial charge in [-0.15, -0.1) is 0 Å². The number of benzene rings is 2. The van der Waals surface area contributed by atoms with Gasteiger partial charge in [0.25, 0.3) is 0 Å². The van der Waals surface area contributed by atoms with Gasteiger partial charge < -0.3 is 35.0 Å². The van der Waals surface area contributed by atoms with E-state index < -0.39 is 18.0 Å². The Morgan fingerprint density at radius 1 is 0.979 bits per heavy atom. The molecule has 0 bridgehead atoms. The van der Waals surface area contributed by atoms with Crippen molar-refractivity contribution < 1.29 is 23.9 Å². The zero-order valence-corrected chi connectivity index (χ0v) is 27.2. The van der Waals surface area contributed by atoms with Gasteiger partial charge in [-0.3, -0.25) is 19.3 Å². The number of amides is 3. The molecule has 47 heavy (non-hydrogen) atoms. The van der Waals surface area contributed by atoms with Crippen LogP contribution in [0, 0.1) is 0 Å². The van der Waals surface area contributed by atoms with Crippen LogP contribution in [0.25, 0.3) is 10.9 Å². The number of imidazole rings is 1. The Balaban J connectivity index is 1.26. The van der Waals surface area contributed by atoms with Crippen LogP contribution in [-0.2, 0) is 33.9 Å². The Kier molecular flexibility index (Phi) is 11.9. The third-order valence-corrected chi connectivity index (χ3v) is 8.37. The first-order chi connectivity index (χ1) is 22.9. The maximum absolute atomic E-state index is 13.4. The molecule has 3 amide bonds. The van der Waals surface area contributed by atoms with Crippen molar-refractivity contribution in [1.82, 2.24) is 35.4 Å². The number of aryl methyl sites for hydroxylation is 1. The summed E-state index contributed by atoms with van der Waals surface area (Å²) in [6, 6.07) is 12.2. The Morgan fingerprint density at radius 2 is 1.83 bits per heavy atom. The number of nitrogens with one attached hydrogen (secondary N) is 4. The van der Waals surface area contributed by atoms with Crippen molar-refractivity contribution in [1.29, 1.82) is 0 Å². The lowest BCUT2D eigenvalue weighted by Gasteiger charge is -2.24. The van der Waals surface area contributed by atoms with Gasteiger partial charge in [-0.1, -0.05) is 30.3 Å². The molecule has 250 valence electrons. The first-order valence-corrected chi connectivity index (χ1v) is 16.3. The molecule has 2 aromatic carbocycles. The van der Waals surface area contributed by atoms with E-state index >= 15 is 0 Å². The normalized spacial score (nSPS) is 18.9. The number of aromatic amines is 1. The van der Waals surface area contributed by atoms with Gasteiger partial charge in [0.15, 0.2) is 11.5 Å². The third-order valence-electron chi connectivity index (χ3n) is 8.37. The van der Waals surface area contributed by atoms with Gasteiger partial charge in [0.1, 0.15) is 12.1 Å². The van der Waals surface area contributed by atoms with E-state index in [1.165, 1.54) is 0 Å². The molecule has 4 N–H and O–H groups in total. The smallest absolute Gasteiger partial charge is 0.242 e. The summed E-state index contributed by atoms with van der Waals surface area (Å²) in [6.07, 6.45) is 10.1. The lowest BCUT2D eigenvalue weighted by molar-refractivity contribution is -0.131. The van der Waals surface area contributed by atoms with Crippen molar-refractivity contribution in [2.24, 2.45) is 0 Å². The minimum atomic E-state index is -0.799. The Hall–Kier alpha value is -4.84. The number of fused-ring (bicyclic) bond motifs is 1. The number of hydrogen-bond donors (Lipinski definition) is 4. The fourth-order valence-electron chi connectivity index (χ4n) is 5.87. The molecule has 12 heteroatoms. The van der Waals surface area contributed by atoms with E-state index in [2.05, 4.69) is 30.8 Å². The summed E-state index contributed by atoms with van der Waals surface area (Å²) in [6.45, 7) is 5.33. The van der Waals surface area contributed by atoms with Gasteiger partial charge in [0.2, 0.25) is 17.7 Å². The van der Waals surface area contributed by atoms with Gasteiger partial charge in [0, 0.05) is 74.1 Å². The number of methoxy groups -OCH3 is 1. The summed E-state index contributed by atoms with van der Waals surface area (Å²) in [5, 5.41) is 9.72. The quantitative estimate of drug-likeness (QED) is 0.195. The number of aromatic nitrogens is 3. The van der Waals surface area contributed by atoms with E-state index in [0.29, 0.717) is 63.5 Å². The molecule has 1 saturated heterocycles. The number of carbonyl (C=O) groups excluding carboxylic acids is 3. The summed E-state index contributed by atoms with van der Waals surface area (Å²) >= 11 is 0. The molecule has 2 aromatic heterocycles. The number of para-hydroxylation sites is 2. The van der Waals surface area contributed by atoms with Crippen molar-refractivity contribution in [3.63, 3.8) is 0 Å². The van der Waals surface area contributed by atoms with E-state index in [1.807, 2.05) is 59.4 Å². The largest absolute Gasteiger partial charge is 0.493 e. The number of H-pyrrole nitrogens is 1. The van der Waals surface area contributed by atoms with Gasteiger partial charge in [-0.05, 0) is 50.4 Å². The average Bonchev–Trinajstić information content (AvgIpc) is 3.74. The summed E-state index contributed by atoms with van der Waals surface area (Å²) in [4.78, 5) is 49.0. The summed E-state index contributed by atoms with van der Waals surface area (Å²) in [7, 11) is 1.63. The van der Waals surface area contributed by atoms with Crippen molar-refractivity contribution in [2.45, 2.75) is 64.2 Å². The Morgan fingerprint density at radius 3 is 2.66 bits per heavy atom. The molecular formula is C35H45N7O5. The number of hydrogen-bond acceptors (Lipinski definition) is 7. The lowest BCUT2D eigenvalue weighted by atomic mass is 10.0. The first-order valence-electron chi connectivity index (χ1n) is 16.3. The van der Waals surface area contributed by atoms with Crippen molar-refractivity contribution in [3.05, 3.63) is 78.5 Å². The molecule has 3 heterocycles. The van der Waals surface area contributed by atoms with E-state index in [9.17, 15) is 14.4 Å². The van der Waals surface area contributed by atoms with E-state index in [4.69, 9.17) is 9.47 Å². The van der Waals surface area contributed by atoms with Gasteiger partial charge >= 0.3 is 0 Å². The monoisotopic (exact) mass is 643 g/mol. The molecule has 0 aliphatic carbocycles. The second kappa shape index (κ2) is 16.6. The van der Waals surface area contributed by atoms with Crippen LogP contribution in [0.3, 0.4) is 0 Å². The molecule has 1 aliphatic heterocycles. The van der Waals surface area contributed by atoms with Crippen LogP contribution in [0.2, 0.25) is 0 Å². The molecule has 0 radical (unpaired) electrons. The zero-order chi connectivity index (χ0) is 33.0. The van der Waals surface area contributed by atoms with Gasteiger partial charge in [-0.25, -0.2) is 4.98 Å². The molecule has 0 unspecified atom stereocenters. The van der Waals surface area contributed by atoms with Crippen LogP contribution in [-0.4, -0.2) is 82.6 Å². The highest BCUT2D eigenvalue weighted by Gasteiger charge is 2.26. The first kappa shape index (κ1) is 33.5. The highest BCUT2D eigenvalue weighted by atomic mass is 16.5. The van der Waals surface area contributed by atoms with Crippen LogP contribution in [0.5, 0.6) is 11.5 Å². The van der Waals surface area contributed by atoms with Gasteiger partial charge in [-0.2, -0.15) is 0 Å². The molecule has 4 aromatic rings. The molecule has 1 aliphatic rings. The highest BCUT2D eigenvalue weighted by molar-refractivity contribution is 5.92. The van der Waals surface area contributed by atoms with Gasteiger partial charge in [0.05, 0.1) is 20.0 Å². The van der Waals surface area contributed by atoms with E-state index in [1.54, 1.807) is 26.6 Å². The SMILES string of the molecule is COc1cccc(CN2CCCNC(=O)[C@@H](Cc3c[nH]c4ccccc34)NC(=O)[C@H](C)NC(=O)CCC2)c1OCCCn1ccnc1. The topological polar surface area (TPSA) is 143 Å². The van der Waals surface area contributed by atoms with Crippen LogP contribution in [0.4, 0.5) is 0 Å². The maximum atomic E-state index is 13.4. The lowest BCUT2D eigenvalue weighted by Crippen LogP contribution is -2.53. The Bertz CT molecular complexity index is 1620. The predicted molar refractivity (Wildman–Crippen MR) is 179 cm³/mol. The second-order valence-electron chi connectivity index (χ2n) is 11.9. The average molecular weight is 644 g/mol. The van der Waals surface area contributed by atoms with Crippen LogP contribution < -0.4 is 25.4 Å². The fourth-order valence-corrected chi connectivity index (χ4v) is 5.87. The molecule has 2 atom stereocenters. The van der Waals surface area contributed by atoms with E-state index in [0.717, 1.165) is 35.0 Å². The fraction of sp³-hybridized carbons (Fsp3) is 0.429. The zero-order valence-electron chi connectivity index (χ0n) is 27.2. The predicted octanol–water partition coefficient (Wildman–Crippen LogP) is 3.18. The summed E-state index contributed by atoms with van der Waals surface area (Å²) < 4.78 is 13.9. The Labute approximate surface area is 275 Å². The van der Waals surface area contributed by atoms with Crippen LogP contribution in [0.15, 0.2) is 67.4 Å².